The fourth-order valence-corrected chi connectivity index (χ4v) is 2.09. The van der Waals surface area contributed by atoms with Crippen LogP contribution in [0.2, 0.25) is 0 Å². The molecule has 3 N–H and O–H groups in total. The molecule has 0 saturated heterocycles. The number of rotatable bonds is 4. The molecular weight excluding hydrogens is 190 g/mol. The zero-order valence-electron chi connectivity index (χ0n) is 8.28. The standard InChI is InChI=1S/C9H16F2N2O/c1-13-7(14)8(3-2-4-12)5-9(10,11)6-8/h2-6,12H2,1H3,(H,13,14). The van der Waals surface area contributed by atoms with Crippen molar-refractivity contribution in [2.75, 3.05) is 13.6 Å². The maximum atomic E-state index is 12.7. The second-order valence-corrected chi connectivity index (χ2v) is 3.96. The molecule has 0 unspecified atom stereocenters. The van der Waals surface area contributed by atoms with Gasteiger partial charge < -0.3 is 11.1 Å². The summed E-state index contributed by atoms with van der Waals surface area (Å²) in [4.78, 5) is 11.4. The van der Waals surface area contributed by atoms with Crippen molar-refractivity contribution in [1.29, 1.82) is 0 Å². The Labute approximate surface area is 82.0 Å². The van der Waals surface area contributed by atoms with Gasteiger partial charge in [-0.05, 0) is 19.4 Å². The van der Waals surface area contributed by atoms with Gasteiger partial charge in [-0.15, -0.1) is 0 Å². The van der Waals surface area contributed by atoms with E-state index in [1.54, 1.807) is 0 Å². The van der Waals surface area contributed by atoms with Gasteiger partial charge in [0.05, 0.1) is 5.41 Å². The van der Waals surface area contributed by atoms with E-state index in [0.717, 1.165) is 0 Å². The molecule has 0 spiro atoms. The van der Waals surface area contributed by atoms with E-state index in [2.05, 4.69) is 5.32 Å². The van der Waals surface area contributed by atoms with Gasteiger partial charge >= 0.3 is 0 Å². The van der Waals surface area contributed by atoms with Crippen molar-refractivity contribution in [3.8, 4) is 0 Å². The van der Waals surface area contributed by atoms with Crippen LogP contribution in [0.3, 0.4) is 0 Å². The van der Waals surface area contributed by atoms with Crippen molar-refractivity contribution in [3.63, 3.8) is 0 Å². The third-order valence-electron chi connectivity index (χ3n) is 2.76. The predicted octanol–water partition coefficient (Wildman–Crippen LogP) is 0.887. The Morgan fingerprint density at radius 3 is 2.43 bits per heavy atom. The molecule has 1 amide bonds. The minimum Gasteiger partial charge on any atom is -0.359 e. The summed E-state index contributed by atoms with van der Waals surface area (Å²) in [5.41, 5.74) is 4.44. The molecule has 0 aliphatic heterocycles. The lowest BCUT2D eigenvalue weighted by molar-refractivity contribution is -0.180. The first kappa shape index (κ1) is 11.4. The Bertz CT molecular complexity index is 223. The summed E-state index contributed by atoms with van der Waals surface area (Å²) >= 11 is 0. The number of nitrogens with two attached hydrogens (primary N) is 1. The van der Waals surface area contributed by atoms with Crippen LogP contribution in [-0.4, -0.2) is 25.4 Å². The van der Waals surface area contributed by atoms with Crippen LogP contribution >= 0.6 is 0 Å². The molecule has 0 atom stereocenters. The van der Waals surface area contributed by atoms with Crippen LogP contribution in [0.1, 0.15) is 25.7 Å². The van der Waals surface area contributed by atoms with Crippen molar-refractivity contribution in [1.82, 2.24) is 5.32 Å². The minimum atomic E-state index is -2.67. The van der Waals surface area contributed by atoms with E-state index in [1.165, 1.54) is 7.05 Å². The second-order valence-electron chi connectivity index (χ2n) is 3.96. The van der Waals surface area contributed by atoms with Gasteiger partial charge in [-0.1, -0.05) is 0 Å². The first-order valence-electron chi connectivity index (χ1n) is 4.76. The van der Waals surface area contributed by atoms with Gasteiger partial charge in [0.2, 0.25) is 11.8 Å². The van der Waals surface area contributed by atoms with Crippen LogP contribution in [0, 0.1) is 5.41 Å². The fourth-order valence-electron chi connectivity index (χ4n) is 2.09. The molecule has 82 valence electrons. The maximum Gasteiger partial charge on any atom is 0.250 e. The van der Waals surface area contributed by atoms with Gasteiger partial charge in [-0.2, -0.15) is 0 Å². The molecule has 1 aliphatic rings. The zero-order valence-corrected chi connectivity index (χ0v) is 8.28. The zero-order chi connectivity index (χ0) is 10.8. The van der Waals surface area contributed by atoms with E-state index in [9.17, 15) is 13.6 Å². The summed E-state index contributed by atoms with van der Waals surface area (Å²) < 4.78 is 25.5. The highest BCUT2D eigenvalue weighted by atomic mass is 19.3. The molecule has 0 heterocycles. The van der Waals surface area contributed by atoms with Gasteiger partial charge in [0, 0.05) is 19.9 Å². The summed E-state index contributed by atoms with van der Waals surface area (Å²) in [7, 11) is 1.48. The summed E-state index contributed by atoms with van der Waals surface area (Å²) in [5.74, 6) is -2.95. The van der Waals surface area contributed by atoms with Crippen molar-refractivity contribution in [2.24, 2.45) is 11.1 Å². The van der Waals surface area contributed by atoms with Gasteiger partial charge in [0.15, 0.2) is 0 Å². The molecule has 0 radical (unpaired) electrons. The van der Waals surface area contributed by atoms with Crippen LogP contribution < -0.4 is 11.1 Å². The number of halogens is 2. The van der Waals surface area contributed by atoms with E-state index < -0.39 is 11.3 Å². The number of amides is 1. The van der Waals surface area contributed by atoms with Gasteiger partial charge in [-0.3, -0.25) is 4.79 Å². The average Bonchev–Trinajstić information content (AvgIpc) is 2.09. The highest BCUT2D eigenvalue weighted by Crippen LogP contribution is 2.54. The van der Waals surface area contributed by atoms with Crippen molar-refractivity contribution in [3.05, 3.63) is 0 Å². The minimum absolute atomic E-state index is 0.281. The molecule has 14 heavy (non-hydrogen) atoms. The number of hydrogen-bond acceptors (Lipinski definition) is 2. The first-order chi connectivity index (χ1) is 6.46. The topological polar surface area (TPSA) is 55.1 Å². The van der Waals surface area contributed by atoms with Crippen LogP contribution in [0.5, 0.6) is 0 Å². The van der Waals surface area contributed by atoms with Gasteiger partial charge in [-0.25, -0.2) is 8.78 Å². The predicted molar refractivity (Wildman–Crippen MR) is 49.0 cm³/mol. The molecule has 0 aromatic rings. The molecule has 0 bridgehead atoms. The molecule has 5 heteroatoms. The maximum absolute atomic E-state index is 12.7. The van der Waals surface area contributed by atoms with E-state index in [0.29, 0.717) is 19.4 Å². The molecule has 1 saturated carbocycles. The molecule has 1 fully saturated rings. The number of carbonyl (C=O) groups is 1. The SMILES string of the molecule is CNC(=O)C1(CCCN)CC(F)(F)C1. The smallest absolute Gasteiger partial charge is 0.250 e. The molecular formula is C9H16F2N2O. The Kier molecular flexibility index (Phi) is 3.09. The van der Waals surface area contributed by atoms with Gasteiger partial charge in [0.25, 0.3) is 0 Å². The summed E-state index contributed by atoms with van der Waals surface area (Å²) in [6.45, 7) is 0.435. The molecule has 1 rings (SSSR count). The largest absolute Gasteiger partial charge is 0.359 e. The highest BCUT2D eigenvalue weighted by Gasteiger charge is 2.59. The Morgan fingerprint density at radius 1 is 1.50 bits per heavy atom. The Hall–Kier alpha value is -0.710. The van der Waals surface area contributed by atoms with Crippen LogP contribution in [0.25, 0.3) is 0 Å². The van der Waals surface area contributed by atoms with E-state index in [4.69, 9.17) is 5.73 Å². The number of nitrogens with one attached hydrogen (secondary N) is 1. The van der Waals surface area contributed by atoms with Crippen molar-refractivity contribution >= 4 is 5.91 Å². The monoisotopic (exact) mass is 206 g/mol. The van der Waals surface area contributed by atoms with E-state index in [1.807, 2.05) is 0 Å². The lowest BCUT2D eigenvalue weighted by atomic mass is 9.63. The highest BCUT2D eigenvalue weighted by molar-refractivity contribution is 5.83. The van der Waals surface area contributed by atoms with Crippen LogP contribution in [0.4, 0.5) is 8.78 Å². The fraction of sp³-hybridized carbons (Fsp3) is 0.889. The summed E-state index contributed by atoms with van der Waals surface area (Å²) in [6, 6.07) is 0. The lowest BCUT2D eigenvalue weighted by Gasteiger charge is -2.45. The normalized spacial score (nSPS) is 22.6. The average molecular weight is 206 g/mol. The molecule has 0 aromatic heterocycles. The Morgan fingerprint density at radius 2 is 2.07 bits per heavy atom. The van der Waals surface area contributed by atoms with Crippen molar-refractivity contribution < 1.29 is 13.6 Å². The van der Waals surface area contributed by atoms with Crippen LogP contribution in [0.15, 0.2) is 0 Å². The molecule has 1 aliphatic carbocycles. The Balaban J connectivity index is 2.60. The summed E-state index contributed by atoms with van der Waals surface area (Å²) in [6.07, 6.45) is 0.404. The lowest BCUT2D eigenvalue weighted by Crippen LogP contribution is -2.54. The third kappa shape index (κ3) is 2.03. The van der Waals surface area contributed by atoms with Gasteiger partial charge in [0.1, 0.15) is 0 Å². The number of hydrogen-bond donors (Lipinski definition) is 2. The second kappa shape index (κ2) is 3.81. The third-order valence-corrected chi connectivity index (χ3v) is 2.76. The van der Waals surface area contributed by atoms with Crippen molar-refractivity contribution in [2.45, 2.75) is 31.6 Å². The number of carbonyl (C=O) groups excluding carboxylic acids is 1. The summed E-state index contributed by atoms with van der Waals surface area (Å²) in [5, 5.41) is 2.44. The van der Waals surface area contributed by atoms with Crippen LogP contribution in [-0.2, 0) is 4.79 Å². The first-order valence-corrected chi connectivity index (χ1v) is 4.76. The molecule has 0 aromatic carbocycles. The number of alkyl halides is 2. The van der Waals surface area contributed by atoms with E-state index >= 15 is 0 Å². The molecule has 3 nitrogen and oxygen atoms in total. The van der Waals surface area contributed by atoms with E-state index in [-0.39, 0.29) is 18.7 Å². The quantitative estimate of drug-likeness (QED) is 0.717.